The highest BCUT2D eigenvalue weighted by molar-refractivity contribution is 6.21. The van der Waals surface area contributed by atoms with Crippen LogP contribution in [0.2, 0.25) is 0 Å². The Kier molecular flexibility index (Phi) is 6.40. The summed E-state index contributed by atoms with van der Waals surface area (Å²) in [4.78, 5) is 25.6. The zero-order valence-corrected chi connectivity index (χ0v) is 13.6. The van der Waals surface area contributed by atoms with Crippen LogP contribution in [0.25, 0.3) is 0 Å². The van der Waals surface area contributed by atoms with E-state index in [9.17, 15) is 22.8 Å². The molecule has 24 heavy (non-hydrogen) atoms. The van der Waals surface area contributed by atoms with E-state index in [2.05, 4.69) is 0 Å². The third kappa shape index (κ3) is 5.08. The highest BCUT2D eigenvalue weighted by atomic mass is 19.4. The second-order valence-electron chi connectivity index (χ2n) is 6.15. The molecule has 1 aliphatic rings. The average molecular weight is 341 g/mol. The molecule has 0 radical (unpaired) electrons. The van der Waals surface area contributed by atoms with Gasteiger partial charge >= 0.3 is 6.18 Å². The third-order valence-electron chi connectivity index (χ3n) is 4.22. The van der Waals surface area contributed by atoms with Crippen molar-refractivity contribution >= 4 is 11.8 Å². The summed E-state index contributed by atoms with van der Waals surface area (Å²) in [5.74, 6) is -0.467. The van der Waals surface area contributed by atoms with E-state index in [-0.39, 0.29) is 18.2 Å². The van der Waals surface area contributed by atoms with Crippen LogP contribution in [-0.2, 0) is 0 Å². The molecule has 0 saturated heterocycles. The maximum atomic E-state index is 12.1. The molecule has 1 aliphatic heterocycles. The van der Waals surface area contributed by atoms with Crippen LogP contribution in [-0.4, -0.2) is 29.4 Å². The Bertz CT molecular complexity index is 549. The maximum Gasteiger partial charge on any atom is 0.389 e. The molecule has 1 heterocycles. The van der Waals surface area contributed by atoms with Crippen molar-refractivity contribution in [1.82, 2.24) is 4.90 Å². The Balaban J connectivity index is 1.58. The lowest BCUT2D eigenvalue weighted by Crippen LogP contribution is -2.30. The second-order valence-corrected chi connectivity index (χ2v) is 6.15. The molecule has 0 saturated carbocycles. The topological polar surface area (TPSA) is 37.4 Å². The first-order valence-electron chi connectivity index (χ1n) is 8.42. The number of carbonyl (C=O) groups is 2. The maximum absolute atomic E-state index is 12.1. The fourth-order valence-corrected chi connectivity index (χ4v) is 2.92. The van der Waals surface area contributed by atoms with Gasteiger partial charge in [0.2, 0.25) is 0 Å². The van der Waals surface area contributed by atoms with E-state index in [0.717, 1.165) is 32.1 Å². The smallest absolute Gasteiger partial charge is 0.274 e. The third-order valence-corrected chi connectivity index (χ3v) is 4.22. The van der Waals surface area contributed by atoms with Gasteiger partial charge in [0.15, 0.2) is 0 Å². The van der Waals surface area contributed by atoms with Crippen molar-refractivity contribution in [1.29, 1.82) is 0 Å². The SMILES string of the molecule is O=C1c2ccccc2C(=O)N1CCCCCCCCCC(F)(F)F. The van der Waals surface area contributed by atoms with Crippen molar-refractivity contribution in [3.8, 4) is 0 Å². The van der Waals surface area contributed by atoms with Crippen LogP contribution in [0.1, 0.15) is 72.1 Å². The van der Waals surface area contributed by atoms with Crippen LogP contribution in [0, 0.1) is 0 Å². The molecule has 0 spiro atoms. The first kappa shape index (κ1) is 18.5. The molecule has 0 atom stereocenters. The molecular weight excluding hydrogens is 319 g/mol. The van der Waals surface area contributed by atoms with Crippen LogP contribution >= 0.6 is 0 Å². The van der Waals surface area contributed by atoms with Crippen LogP contribution in [0.5, 0.6) is 0 Å². The number of rotatable bonds is 9. The van der Waals surface area contributed by atoms with Gasteiger partial charge < -0.3 is 0 Å². The molecule has 0 bridgehead atoms. The zero-order valence-electron chi connectivity index (χ0n) is 13.6. The lowest BCUT2D eigenvalue weighted by Gasteiger charge is -2.13. The number of hydrogen-bond donors (Lipinski definition) is 0. The van der Waals surface area contributed by atoms with Crippen molar-refractivity contribution in [2.24, 2.45) is 0 Å². The van der Waals surface area contributed by atoms with E-state index in [1.165, 1.54) is 4.90 Å². The second kappa shape index (κ2) is 8.31. The summed E-state index contributed by atoms with van der Waals surface area (Å²) in [7, 11) is 0. The molecule has 2 rings (SSSR count). The Labute approximate surface area is 139 Å². The molecule has 1 aromatic carbocycles. The molecule has 2 amide bonds. The number of hydrogen-bond acceptors (Lipinski definition) is 2. The van der Waals surface area contributed by atoms with Crippen LogP contribution in [0.3, 0.4) is 0 Å². The van der Waals surface area contributed by atoms with Gasteiger partial charge in [0, 0.05) is 13.0 Å². The fraction of sp³-hybridized carbons (Fsp3) is 0.556. The first-order valence-corrected chi connectivity index (χ1v) is 8.42. The summed E-state index contributed by atoms with van der Waals surface area (Å²) in [6, 6.07) is 6.81. The van der Waals surface area contributed by atoms with Gasteiger partial charge in [-0.25, -0.2) is 0 Å². The molecule has 0 aliphatic carbocycles. The molecule has 0 unspecified atom stereocenters. The van der Waals surface area contributed by atoms with Crippen molar-refractivity contribution in [2.45, 2.75) is 57.5 Å². The van der Waals surface area contributed by atoms with Gasteiger partial charge in [-0.3, -0.25) is 14.5 Å². The van der Waals surface area contributed by atoms with Crippen molar-refractivity contribution in [2.75, 3.05) is 6.54 Å². The normalized spacial score (nSPS) is 14.4. The van der Waals surface area contributed by atoms with Gasteiger partial charge in [-0.15, -0.1) is 0 Å². The minimum absolute atomic E-state index is 0.193. The number of amides is 2. The minimum Gasteiger partial charge on any atom is -0.274 e. The van der Waals surface area contributed by atoms with E-state index in [4.69, 9.17) is 0 Å². The monoisotopic (exact) mass is 341 g/mol. The van der Waals surface area contributed by atoms with Crippen molar-refractivity contribution in [3.63, 3.8) is 0 Å². The molecule has 0 fully saturated rings. The van der Waals surface area contributed by atoms with Gasteiger partial charge in [0.25, 0.3) is 11.8 Å². The molecule has 6 heteroatoms. The molecule has 1 aromatic rings. The number of fused-ring (bicyclic) bond motifs is 1. The first-order chi connectivity index (χ1) is 11.4. The van der Waals surface area contributed by atoms with Gasteiger partial charge in [0.05, 0.1) is 11.1 Å². The Morgan fingerprint density at radius 2 is 1.21 bits per heavy atom. The number of alkyl halides is 3. The standard InChI is InChI=1S/C18H22F3NO2/c19-18(20,21)12-8-4-2-1-3-5-9-13-22-16(23)14-10-6-7-11-15(14)17(22)24/h6-7,10-11H,1-5,8-9,12-13H2. The molecule has 0 aromatic heterocycles. The summed E-state index contributed by atoms with van der Waals surface area (Å²) in [5, 5.41) is 0. The average Bonchev–Trinajstić information content (AvgIpc) is 2.77. The van der Waals surface area contributed by atoms with E-state index >= 15 is 0 Å². The summed E-state index contributed by atoms with van der Waals surface area (Å²) >= 11 is 0. The number of imide groups is 1. The van der Waals surface area contributed by atoms with Gasteiger partial charge in [-0.2, -0.15) is 13.2 Å². The predicted octanol–water partition coefficient (Wildman–Crippen LogP) is 4.97. The van der Waals surface area contributed by atoms with Crippen molar-refractivity contribution in [3.05, 3.63) is 35.4 Å². The highest BCUT2D eigenvalue weighted by Gasteiger charge is 2.34. The fourth-order valence-electron chi connectivity index (χ4n) is 2.92. The lowest BCUT2D eigenvalue weighted by atomic mass is 10.1. The number of carbonyl (C=O) groups excluding carboxylic acids is 2. The molecular formula is C18H22F3NO2. The molecule has 3 nitrogen and oxygen atoms in total. The van der Waals surface area contributed by atoms with Gasteiger partial charge in [-0.1, -0.05) is 44.2 Å². The van der Waals surface area contributed by atoms with E-state index < -0.39 is 12.6 Å². The largest absolute Gasteiger partial charge is 0.389 e. The predicted molar refractivity (Wildman–Crippen MR) is 84.8 cm³/mol. The van der Waals surface area contributed by atoms with Crippen LogP contribution in [0.15, 0.2) is 24.3 Å². The van der Waals surface area contributed by atoms with Crippen molar-refractivity contribution < 1.29 is 22.8 Å². The Morgan fingerprint density at radius 3 is 1.71 bits per heavy atom. The highest BCUT2D eigenvalue weighted by Crippen LogP contribution is 2.24. The minimum atomic E-state index is -4.05. The molecule has 0 N–H and O–H groups in total. The number of halogens is 3. The number of nitrogens with zero attached hydrogens (tertiary/aromatic N) is 1. The van der Waals surface area contributed by atoms with E-state index in [0.29, 0.717) is 24.1 Å². The molecule has 132 valence electrons. The number of unbranched alkanes of at least 4 members (excludes halogenated alkanes) is 6. The summed E-state index contributed by atoms with van der Waals surface area (Å²) < 4.78 is 35.9. The van der Waals surface area contributed by atoms with E-state index in [1.807, 2.05) is 0 Å². The van der Waals surface area contributed by atoms with Gasteiger partial charge in [0.1, 0.15) is 0 Å². The number of benzene rings is 1. The zero-order chi connectivity index (χ0) is 17.6. The Hall–Kier alpha value is -1.85. The quantitative estimate of drug-likeness (QED) is 0.470. The summed E-state index contributed by atoms with van der Waals surface area (Å²) in [6.07, 6.45) is 0.231. The van der Waals surface area contributed by atoms with Crippen LogP contribution in [0.4, 0.5) is 13.2 Å². The summed E-state index contributed by atoms with van der Waals surface area (Å²) in [6.45, 7) is 0.403. The van der Waals surface area contributed by atoms with E-state index in [1.54, 1.807) is 24.3 Å². The summed E-state index contributed by atoms with van der Waals surface area (Å²) in [5.41, 5.74) is 0.930. The van der Waals surface area contributed by atoms with Crippen LogP contribution < -0.4 is 0 Å². The Morgan fingerprint density at radius 1 is 0.750 bits per heavy atom. The lowest BCUT2D eigenvalue weighted by molar-refractivity contribution is -0.135. The van der Waals surface area contributed by atoms with Gasteiger partial charge in [-0.05, 0) is 25.0 Å².